The van der Waals surface area contributed by atoms with Crippen LogP contribution in [0.3, 0.4) is 0 Å². The van der Waals surface area contributed by atoms with Gasteiger partial charge in [0.1, 0.15) is 29.0 Å². The number of rotatable bonds is 7. The van der Waals surface area contributed by atoms with Crippen LogP contribution >= 0.6 is 23.2 Å². The lowest BCUT2D eigenvalue weighted by atomic mass is 10.2. The van der Waals surface area contributed by atoms with Gasteiger partial charge in [0, 0.05) is 11.2 Å². The highest BCUT2D eigenvalue weighted by Crippen LogP contribution is 2.24. The number of ether oxygens (including phenoxy) is 1. The molecule has 0 saturated carbocycles. The summed E-state index contributed by atoms with van der Waals surface area (Å²) >= 11 is 12.3. The maximum Gasteiger partial charge on any atom is 0.279 e. The van der Waals surface area contributed by atoms with Crippen LogP contribution in [-0.4, -0.2) is 20.8 Å². The Morgan fingerprint density at radius 3 is 2.76 bits per heavy atom. The molecule has 0 atom stereocenters. The first-order valence-electron chi connectivity index (χ1n) is 9.93. The number of amides is 1. The summed E-state index contributed by atoms with van der Waals surface area (Å²) in [5.41, 5.74) is 2.30. The van der Waals surface area contributed by atoms with Crippen molar-refractivity contribution in [3.05, 3.63) is 92.7 Å². The molecule has 0 saturated heterocycles. The number of benzene rings is 2. The molecule has 7 nitrogen and oxygen atoms in total. The van der Waals surface area contributed by atoms with Crippen molar-refractivity contribution >= 4 is 34.9 Å². The summed E-state index contributed by atoms with van der Waals surface area (Å²) in [4.78, 5) is 12.9. The average molecular weight is 489 g/mol. The van der Waals surface area contributed by atoms with Gasteiger partial charge in [0.15, 0.2) is 11.5 Å². The Morgan fingerprint density at radius 1 is 1.18 bits per heavy atom. The Bertz CT molecular complexity index is 1320. The fraction of sp³-hybridized carbons (Fsp3) is 0.174. The number of anilines is 1. The first-order chi connectivity index (χ1) is 15.8. The molecule has 0 aliphatic heterocycles. The minimum atomic E-state index is -0.540. The van der Waals surface area contributed by atoms with Crippen molar-refractivity contribution in [2.45, 2.75) is 27.0 Å². The number of hydrogen-bond acceptors (Lipinski definition) is 5. The number of aromatic nitrogens is 3. The molecule has 2 aromatic carbocycles. The fourth-order valence-electron chi connectivity index (χ4n) is 3.15. The number of hydrogen-bond donors (Lipinski definition) is 1. The van der Waals surface area contributed by atoms with Crippen LogP contribution < -0.4 is 10.1 Å². The number of nitrogens with one attached hydrogen (secondary N) is 1. The summed E-state index contributed by atoms with van der Waals surface area (Å²) < 4.78 is 25.8. The molecule has 10 heteroatoms. The molecule has 2 aromatic heterocycles. The van der Waals surface area contributed by atoms with E-state index in [2.05, 4.69) is 15.6 Å². The molecule has 1 N–H and O–H groups in total. The molecule has 4 aromatic rings. The van der Waals surface area contributed by atoms with Gasteiger partial charge in [-0.15, -0.1) is 0 Å². The van der Waals surface area contributed by atoms with Gasteiger partial charge < -0.3 is 14.6 Å². The van der Waals surface area contributed by atoms with E-state index < -0.39 is 11.7 Å². The highest BCUT2D eigenvalue weighted by Gasteiger charge is 2.22. The molecule has 0 aliphatic rings. The van der Waals surface area contributed by atoms with Crippen molar-refractivity contribution in [3.63, 3.8) is 0 Å². The summed E-state index contributed by atoms with van der Waals surface area (Å²) in [6.07, 6.45) is 1.53. The Labute approximate surface area is 199 Å². The third-order valence-corrected chi connectivity index (χ3v) is 5.50. The first kappa shape index (κ1) is 22.8. The summed E-state index contributed by atoms with van der Waals surface area (Å²) in [5.74, 6) is 0.312. The molecule has 2 heterocycles. The fourth-order valence-corrected chi connectivity index (χ4v) is 3.58. The van der Waals surface area contributed by atoms with Crippen molar-refractivity contribution in [1.82, 2.24) is 14.9 Å². The lowest BCUT2D eigenvalue weighted by molar-refractivity contribution is 0.101. The zero-order valence-corrected chi connectivity index (χ0v) is 19.2. The topological polar surface area (TPSA) is 82.2 Å². The molecule has 0 radical (unpaired) electrons. The summed E-state index contributed by atoms with van der Waals surface area (Å²) in [7, 11) is 0. The predicted octanol–water partition coefficient (Wildman–Crippen LogP) is 5.81. The van der Waals surface area contributed by atoms with Crippen LogP contribution in [0.4, 0.5) is 10.2 Å². The summed E-state index contributed by atoms with van der Waals surface area (Å²) in [6.45, 7) is 4.01. The second-order valence-electron chi connectivity index (χ2n) is 7.38. The molecule has 170 valence electrons. The predicted molar refractivity (Wildman–Crippen MR) is 122 cm³/mol. The van der Waals surface area contributed by atoms with Crippen molar-refractivity contribution in [2.75, 3.05) is 5.32 Å². The molecule has 0 bridgehead atoms. The highest BCUT2D eigenvalue weighted by atomic mass is 35.5. The normalized spacial score (nSPS) is 10.9. The van der Waals surface area contributed by atoms with Crippen molar-refractivity contribution in [3.8, 4) is 5.75 Å². The maximum absolute atomic E-state index is 13.3. The number of nitrogens with zero attached hydrogens (tertiary/aromatic N) is 3. The van der Waals surface area contributed by atoms with E-state index in [9.17, 15) is 9.18 Å². The summed E-state index contributed by atoms with van der Waals surface area (Å²) in [6, 6.07) is 11.7. The van der Waals surface area contributed by atoms with Crippen LogP contribution in [-0.2, 0) is 13.2 Å². The van der Waals surface area contributed by atoms with Crippen LogP contribution in [0.1, 0.15) is 32.9 Å². The zero-order valence-electron chi connectivity index (χ0n) is 17.7. The smallest absolute Gasteiger partial charge is 0.279 e. The Balaban J connectivity index is 1.47. The average Bonchev–Trinajstić information content (AvgIpc) is 3.30. The standard InChI is InChI=1S/C23H19Cl2FN4O3/c1-13-4-3-5-17(8-13)32-12-18-14(2)33-29-21(18)23(31)27-22-20(25)11-30(28-22)10-15-6-7-16(26)9-19(15)24/h3-9,11H,10,12H2,1-2H3,(H,27,28,31). The lowest BCUT2D eigenvalue weighted by Gasteiger charge is -2.07. The monoisotopic (exact) mass is 488 g/mol. The number of carbonyl (C=O) groups excluding carboxylic acids is 1. The number of aryl methyl sites for hydroxylation is 2. The van der Waals surface area contributed by atoms with Gasteiger partial charge in [0.25, 0.3) is 5.91 Å². The maximum atomic E-state index is 13.3. The van der Waals surface area contributed by atoms with Crippen LogP contribution in [0.15, 0.2) is 53.2 Å². The van der Waals surface area contributed by atoms with E-state index in [1.807, 2.05) is 31.2 Å². The van der Waals surface area contributed by atoms with Gasteiger partial charge in [-0.1, -0.05) is 46.6 Å². The van der Waals surface area contributed by atoms with E-state index in [1.165, 1.54) is 23.0 Å². The van der Waals surface area contributed by atoms with E-state index in [0.29, 0.717) is 22.6 Å². The molecule has 1 amide bonds. The van der Waals surface area contributed by atoms with Gasteiger partial charge in [0.05, 0.1) is 12.1 Å². The van der Waals surface area contributed by atoms with Crippen LogP contribution in [0.25, 0.3) is 0 Å². The minimum Gasteiger partial charge on any atom is -0.489 e. The van der Waals surface area contributed by atoms with E-state index in [0.717, 1.165) is 5.56 Å². The molecule has 0 unspecified atom stereocenters. The molecular formula is C23H19Cl2FN4O3. The minimum absolute atomic E-state index is 0.0762. The van der Waals surface area contributed by atoms with E-state index in [4.69, 9.17) is 32.5 Å². The van der Waals surface area contributed by atoms with Gasteiger partial charge in [-0.25, -0.2) is 4.39 Å². The van der Waals surface area contributed by atoms with Crippen LogP contribution in [0.2, 0.25) is 10.0 Å². The van der Waals surface area contributed by atoms with Gasteiger partial charge >= 0.3 is 0 Å². The Kier molecular flexibility index (Phi) is 6.67. The zero-order chi connectivity index (χ0) is 23.5. The van der Waals surface area contributed by atoms with Gasteiger partial charge in [-0.05, 0) is 49.2 Å². The highest BCUT2D eigenvalue weighted by molar-refractivity contribution is 6.33. The van der Waals surface area contributed by atoms with Gasteiger partial charge in [0.2, 0.25) is 0 Å². The van der Waals surface area contributed by atoms with Crippen molar-refractivity contribution < 1.29 is 18.4 Å². The Morgan fingerprint density at radius 2 is 2.00 bits per heavy atom. The van der Waals surface area contributed by atoms with E-state index >= 15 is 0 Å². The third-order valence-electron chi connectivity index (χ3n) is 4.87. The number of halogens is 3. The van der Waals surface area contributed by atoms with E-state index in [-0.39, 0.29) is 34.7 Å². The second-order valence-corrected chi connectivity index (χ2v) is 8.20. The van der Waals surface area contributed by atoms with Gasteiger partial charge in [-0.2, -0.15) is 5.10 Å². The quantitative estimate of drug-likeness (QED) is 0.354. The van der Waals surface area contributed by atoms with Crippen LogP contribution in [0, 0.1) is 19.7 Å². The largest absolute Gasteiger partial charge is 0.489 e. The SMILES string of the molecule is Cc1cccc(OCc2c(C(=O)Nc3nn(Cc4ccc(F)cc4Cl)cc3Cl)noc2C)c1. The van der Waals surface area contributed by atoms with E-state index in [1.54, 1.807) is 13.0 Å². The van der Waals surface area contributed by atoms with Gasteiger partial charge in [-0.3, -0.25) is 9.48 Å². The lowest BCUT2D eigenvalue weighted by Crippen LogP contribution is -2.16. The molecular weight excluding hydrogens is 470 g/mol. The molecule has 0 fully saturated rings. The second kappa shape index (κ2) is 9.64. The molecule has 0 spiro atoms. The first-order valence-corrected chi connectivity index (χ1v) is 10.7. The van der Waals surface area contributed by atoms with Crippen molar-refractivity contribution in [1.29, 1.82) is 0 Å². The van der Waals surface area contributed by atoms with Crippen LogP contribution in [0.5, 0.6) is 5.75 Å². The van der Waals surface area contributed by atoms with Crippen molar-refractivity contribution in [2.24, 2.45) is 0 Å². The molecule has 33 heavy (non-hydrogen) atoms. The third kappa shape index (κ3) is 5.35. The summed E-state index contributed by atoms with van der Waals surface area (Å²) in [5, 5.41) is 11.3. The molecule has 4 rings (SSSR count). The Hall–Kier alpha value is -3.36. The molecule has 0 aliphatic carbocycles. The number of carbonyl (C=O) groups is 1.